The highest BCUT2D eigenvalue weighted by molar-refractivity contribution is 6.73. The van der Waals surface area contributed by atoms with Gasteiger partial charge >= 0.3 is 27.9 Å². The lowest BCUT2D eigenvalue weighted by Crippen LogP contribution is -2.37. The molecule has 7 nitrogen and oxygen atoms in total. The van der Waals surface area contributed by atoms with Gasteiger partial charge in [-0.1, -0.05) is 38.5 Å². The van der Waals surface area contributed by atoms with Crippen LogP contribution in [0.3, 0.4) is 0 Å². The van der Waals surface area contributed by atoms with Crippen LogP contribution in [-0.4, -0.2) is 85.9 Å². The number of hydrogen-bond acceptors (Lipinski definition) is 7. The zero-order valence-electron chi connectivity index (χ0n) is 20.6. The smallest absolute Gasteiger partial charge is 0.320 e. The quantitative estimate of drug-likeness (QED) is 0.167. The summed E-state index contributed by atoms with van der Waals surface area (Å²) in [6, 6.07) is 6.90. The molecule has 0 aliphatic carbocycles. The average Bonchev–Trinajstić information content (AvgIpc) is 2.78. The molecule has 0 bridgehead atoms. The van der Waals surface area contributed by atoms with E-state index in [1.807, 2.05) is 7.11 Å². The van der Waals surface area contributed by atoms with Gasteiger partial charge in [0.05, 0.1) is 0 Å². The Morgan fingerprint density at radius 2 is 0.700 bits per heavy atom. The van der Waals surface area contributed by atoms with E-state index in [9.17, 15) is 0 Å². The monoisotopic (exact) mass is 500 g/mol. The van der Waals surface area contributed by atoms with E-state index in [2.05, 4.69) is 0 Å². The van der Waals surface area contributed by atoms with Crippen molar-refractivity contribution in [2.45, 2.75) is 74.8 Å². The maximum Gasteiger partial charge on any atom is 0.320 e. The lowest BCUT2D eigenvalue weighted by Gasteiger charge is -2.30. The van der Waals surface area contributed by atoms with Crippen LogP contribution in [0.25, 0.3) is 0 Å². The minimum Gasteiger partial charge on any atom is -0.420 e. The summed E-state index contributed by atoms with van der Waals surface area (Å²) in [4.78, 5) is 0. The molecule has 30 heavy (non-hydrogen) atoms. The molecular weight excluding hydrogens is 453 g/mol. The molecule has 0 saturated heterocycles. The maximum absolute atomic E-state index is 6.30. The van der Waals surface area contributed by atoms with Gasteiger partial charge in [-0.2, -0.15) is 0 Å². The van der Waals surface area contributed by atoms with Gasteiger partial charge in [0, 0.05) is 49.8 Å². The van der Waals surface area contributed by atoms with Crippen molar-refractivity contribution >= 4 is 36.2 Å². The van der Waals surface area contributed by atoms with Gasteiger partial charge in [0.15, 0.2) is 8.32 Å². The Morgan fingerprint density at radius 1 is 0.433 bits per heavy atom. The first-order valence-electron chi connectivity index (χ1n) is 11.3. The minimum absolute atomic E-state index is 1.07. The zero-order chi connectivity index (χ0) is 22.7. The lowest BCUT2D eigenvalue weighted by atomic mass is 10.4. The van der Waals surface area contributed by atoms with E-state index in [-0.39, 0.29) is 0 Å². The maximum atomic E-state index is 6.30. The Balaban J connectivity index is 4.63. The van der Waals surface area contributed by atoms with Crippen molar-refractivity contribution in [3.8, 4) is 0 Å². The van der Waals surface area contributed by atoms with Crippen LogP contribution in [0.2, 0.25) is 36.3 Å². The number of hydrogen-bond donors (Lipinski definition) is 0. The van der Waals surface area contributed by atoms with Crippen LogP contribution in [-0.2, 0) is 31.0 Å². The highest BCUT2D eigenvalue weighted by Crippen LogP contribution is 2.30. The molecule has 182 valence electrons. The van der Waals surface area contributed by atoms with Gasteiger partial charge in [-0.3, -0.25) is 0 Å². The van der Waals surface area contributed by atoms with E-state index < -0.39 is 36.2 Å². The Hall–Kier alpha value is 0.588. The summed E-state index contributed by atoms with van der Waals surface area (Å²) >= 11 is 0. The Morgan fingerprint density at radius 3 is 0.900 bits per heavy atom. The fraction of sp³-hybridized carbons (Fsp3) is 1.00. The van der Waals surface area contributed by atoms with Gasteiger partial charge in [0.1, 0.15) is 0 Å². The van der Waals surface area contributed by atoms with Crippen molar-refractivity contribution < 1.29 is 31.0 Å². The second kappa shape index (κ2) is 20.2. The lowest BCUT2D eigenvalue weighted by molar-refractivity contribution is 0.276. The average molecular weight is 501 g/mol. The molecule has 11 heteroatoms. The molecule has 0 spiro atoms. The van der Waals surface area contributed by atoms with E-state index in [1.165, 1.54) is 56.7 Å². The van der Waals surface area contributed by atoms with E-state index in [1.54, 1.807) is 42.7 Å². The van der Waals surface area contributed by atoms with Crippen LogP contribution in [0.1, 0.15) is 38.5 Å². The summed E-state index contributed by atoms with van der Waals surface area (Å²) in [5.74, 6) is 0. The van der Waals surface area contributed by atoms with Gasteiger partial charge in [-0.05, 0) is 36.3 Å². The van der Waals surface area contributed by atoms with Crippen molar-refractivity contribution in [2.75, 3.05) is 49.8 Å². The third-order valence-electron chi connectivity index (χ3n) is 5.98. The molecule has 0 rings (SSSR count). The van der Waals surface area contributed by atoms with E-state index in [0.717, 1.165) is 18.1 Å². The molecular formula is C19H48O7Si4. The SMILES string of the molecule is CO[SiH](CCCC[Si](CCCC[SiH](OC)OC)(CCCC[SiH](OC)OC)OC)OC. The molecule has 0 unspecified atom stereocenters. The molecule has 0 amide bonds. The van der Waals surface area contributed by atoms with Gasteiger partial charge < -0.3 is 31.0 Å². The van der Waals surface area contributed by atoms with Crippen LogP contribution < -0.4 is 0 Å². The van der Waals surface area contributed by atoms with Gasteiger partial charge in [-0.15, -0.1) is 0 Å². The fourth-order valence-electron chi connectivity index (χ4n) is 3.95. The van der Waals surface area contributed by atoms with Gasteiger partial charge in [-0.25, -0.2) is 0 Å². The number of rotatable bonds is 22. The van der Waals surface area contributed by atoms with Gasteiger partial charge in [0.2, 0.25) is 0 Å². The minimum atomic E-state index is -1.75. The first-order chi connectivity index (χ1) is 14.5. The van der Waals surface area contributed by atoms with Crippen molar-refractivity contribution in [1.82, 2.24) is 0 Å². The van der Waals surface area contributed by atoms with E-state index in [4.69, 9.17) is 31.0 Å². The topological polar surface area (TPSA) is 64.6 Å². The Labute approximate surface area is 191 Å². The van der Waals surface area contributed by atoms with Crippen molar-refractivity contribution in [3.63, 3.8) is 0 Å². The van der Waals surface area contributed by atoms with Crippen LogP contribution in [0.15, 0.2) is 0 Å². The molecule has 0 saturated carbocycles. The normalized spacial score (nSPS) is 12.6. The molecule has 0 aromatic carbocycles. The van der Waals surface area contributed by atoms with Crippen molar-refractivity contribution in [3.05, 3.63) is 0 Å². The second-order valence-corrected chi connectivity index (χ2v) is 19.2. The summed E-state index contributed by atoms with van der Waals surface area (Å²) in [5, 5.41) is 0. The standard InChI is InChI=1S/C19H48O7Si4/c1-20-27(21-2)14-8-11-17-30(26-7,18-12-9-15-28(22-3)23-4)19-13-10-16-29(24-5)25-6/h27-29H,8-19H2,1-7H3. The molecule has 0 aromatic rings. The fourth-order valence-corrected chi connectivity index (χ4v) is 11.9. The van der Waals surface area contributed by atoms with Crippen molar-refractivity contribution in [2.24, 2.45) is 0 Å². The molecule has 0 aliphatic rings. The zero-order valence-corrected chi connectivity index (χ0v) is 25.0. The van der Waals surface area contributed by atoms with Crippen LogP contribution in [0.4, 0.5) is 0 Å². The molecule has 0 heterocycles. The predicted octanol–water partition coefficient (Wildman–Crippen LogP) is 3.46. The summed E-state index contributed by atoms with van der Waals surface area (Å²) in [6.07, 6.45) is 7.12. The highest BCUT2D eigenvalue weighted by Gasteiger charge is 2.32. The summed E-state index contributed by atoms with van der Waals surface area (Å²) < 4.78 is 39.1. The first kappa shape index (κ1) is 30.6. The molecule has 0 fully saturated rings. The summed E-state index contributed by atoms with van der Waals surface area (Å²) in [6.45, 7) is 0. The van der Waals surface area contributed by atoms with Crippen LogP contribution >= 0.6 is 0 Å². The third kappa shape index (κ3) is 13.9. The van der Waals surface area contributed by atoms with E-state index in [0.29, 0.717) is 0 Å². The molecule has 0 radical (unpaired) electrons. The van der Waals surface area contributed by atoms with Crippen LogP contribution in [0, 0.1) is 0 Å². The summed E-state index contributed by atoms with van der Waals surface area (Å²) in [7, 11) is 6.44. The molecule has 0 aromatic heterocycles. The molecule has 0 N–H and O–H groups in total. The highest BCUT2D eigenvalue weighted by atomic mass is 28.4. The molecule has 0 atom stereocenters. The van der Waals surface area contributed by atoms with Crippen LogP contribution in [0.5, 0.6) is 0 Å². The predicted molar refractivity (Wildman–Crippen MR) is 133 cm³/mol. The van der Waals surface area contributed by atoms with Crippen molar-refractivity contribution in [1.29, 1.82) is 0 Å². The third-order valence-corrected chi connectivity index (χ3v) is 16.4. The summed E-state index contributed by atoms with van der Waals surface area (Å²) in [5.41, 5.74) is 0. The second-order valence-electron chi connectivity index (χ2n) is 7.83. The largest absolute Gasteiger partial charge is 0.420 e. The molecule has 0 aliphatic heterocycles. The number of unbranched alkanes of at least 4 members (excludes halogenated alkanes) is 3. The van der Waals surface area contributed by atoms with E-state index >= 15 is 0 Å². The first-order valence-corrected chi connectivity index (χ1v) is 19.1. The van der Waals surface area contributed by atoms with Gasteiger partial charge in [0.25, 0.3) is 0 Å². The Bertz CT molecular complexity index is 320. The Kier molecular flexibility index (Phi) is 20.6.